The predicted octanol–water partition coefficient (Wildman–Crippen LogP) is 1.08. The smallest absolute Gasteiger partial charge is 0.0218 e. The summed E-state index contributed by atoms with van der Waals surface area (Å²) in [7, 11) is 2.23. The van der Waals surface area contributed by atoms with Crippen LogP contribution in [0.4, 0.5) is 0 Å². The van der Waals surface area contributed by atoms with Crippen molar-refractivity contribution in [2.24, 2.45) is 0 Å². The number of rotatable bonds is 4. The molecule has 1 rings (SSSR count). The van der Waals surface area contributed by atoms with Gasteiger partial charge in [-0.3, -0.25) is 0 Å². The van der Waals surface area contributed by atoms with E-state index in [1.807, 2.05) is 0 Å². The summed E-state index contributed by atoms with van der Waals surface area (Å²) in [5, 5.41) is 3.47. The van der Waals surface area contributed by atoms with Gasteiger partial charge in [0.15, 0.2) is 0 Å². The van der Waals surface area contributed by atoms with E-state index in [0.29, 0.717) is 0 Å². The number of hydrogen-bond acceptors (Lipinski definition) is 2. The lowest BCUT2D eigenvalue weighted by molar-refractivity contribution is 0.301. The molecule has 1 atom stereocenters. The number of likely N-dealkylation sites (tertiary alicyclic amines) is 1. The monoisotopic (exact) mass is 156 g/mol. The second-order valence-electron chi connectivity index (χ2n) is 3.48. The van der Waals surface area contributed by atoms with Crippen molar-refractivity contribution >= 4 is 0 Å². The van der Waals surface area contributed by atoms with Crippen molar-refractivity contribution in [2.75, 3.05) is 26.7 Å². The Balaban J connectivity index is 2.05. The maximum absolute atomic E-state index is 3.47. The molecule has 0 aliphatic carbocycles. The fraction of sp³-hybridized carbons (Fsp3) is 1.00. The maximum Gasteiger partial charge on any atom is 0.0218 e. The summed E-state index contributed by atoms with van der Waals surface area (Å²) >= 11 is 0. The van der Waals surface area contributed by atoms with Gasteiger partial charge < -0.3 is 10.2 Å². The van der Waals surface area contributed by atoms with E-state index in [9.17, 15) is 0 Å². The minimum atomic E-state index is 0.807. The number of likely N-dealkylation sites (N-methyl/N-ethyl adjacent to an activating group) is 1. The first-order chi connectivity index (χ1) is 5.34. The molecule has 1 heterocycles. The van der Waals surface area contributed by atoms with Gasteiger partial charge in [0.05, 0.1) is 0 Å². The Labute approximate surface area is 70.0 Å². The van der Waals surface area contributed by atoms with Crippen LogP contribution in [-0.4, -0.2) is 37.6 Å². The Morgan fingerprint density at radius 1 is 1.55 bits per heavy atom. The van der Waals surface area contributed by atoms with Crippen LogP contribution in [0.5, 0.6) is 0 Å². The summed E-state index contributed by atoms with van der Waals surface area (Å²) in [5.74, 6) is 0. The van der Waals surface area contributed by atoms with Crippen molar-refractivity contribution in [3.8, 4) is 0 Å². The first kappa shape index (κ1) is 9.01. The maximum atomic E-state index is 3.47. The molecule has 2 heteroatoms. The van der Waals surface area contributed by atoms with Crippen LogP contribution in [0.2, 0.25) is 0 Å². The van der Waals surface area contributed by atoms with Crippen LogP contribution in [0, 0.1) is 0 Å². The molecule has 1 saturated heterocycles. The van der Waals surface area contributed by atoms with Gasteiger partial charge in [-0.05, 0) is 39.4 Å². The second-order valence-corrected chi connectivity index (χ2v) is 3.48. The topological polar surface area (TPSA) is 15.3 Å². The first-order valence-electron chi connectivity index (χ1n) is 4.75. The highest BCUT2D eigenvalue weighted by molar-refractivity contribution is 4.77. The van der Waals surface area contributed by atoms with E-state index in [1.54, 1.807) is 0 Å². The van der Waals surface area contributed by atoms with Gasteiger partial charge in [0, 0.05) is 12.6 Å². The lowest BCUT2D eigenvalue weighted by Gasteiger charge is -2.19. The molecule has 11 heavy (non-hydrogen) atoms. The highest BCUT2D eigenvalue weighted by Gasteiger charge is 2.19. The largest absolute Gasteiger partial charge is 0.315 e. The van der Waals surface area contributed by atoms with E-state index >= 15 is 0 Å². The van der Waals surface area contributed by atoms with Crippen LogP contribution in [0.15, 0.2) is 0 Å². The fourth-order valence-corrected chi connectivity index (χ4v) is 1.68. The zero-order valence-electron chi connectivity index (χ0n) is 7.77. The molecule has 1 aliphatic heterocycles. The summed E-state index contributed by atoms with van der Waals surface area (Å²) < 4.78 is 0. The minimum absolute atomic E-state index is 0.807. The Morgan fingerprint density at radius 3 is 2.91 bits per heavy atom. The molecular formula is C9H20N2. The second kappa shape index (κ2) is 4.73. The minimum Gasteiger partial charge on any atom is -0.315 e. The van der Waals surface area contributed by atoms with Crippen LogP contribution in [0.1, 0.15) is 26.2 Å². The van der Waals surface area contributed by atoms with Crippen LogP contribution >= 0.6 is 0 Å². The van der Waals surface area contributed by atoms with Gasteiger partial charge in [-0.1, -0.05) is 6.92 Å². The average Bonchev–Trinajstić information content (AvgIpc) is 2.37. The van der Waals surface area contributed by atoms with Crippen LogP contribution < -0.4 is 5.32 Å². The third kappa shape index (κ3) is 2.80. The third-order valence-electron chi connectivity index (χ3n) is 2.48. The van der Waals surface area contributed by atoms with Crippen LogP contribution in [0.25, 0.3) is 0 Å². The van der Waals surface area contributed by atoms with Gasteiger partial charge in [0.25, 0.3) is 0 Å². The lowest BCUT2D eigenvalue weighted by Crippen LogP contribution is -2.35. The van der Waals surface area contributed by atoms with Gasteiger partial charge in [-0.2, -0.15) is 0 Å². The van der Waals surface area contributed by atoms with Crippen molar-refractivity contribution in [3.05, 3.63) is 0 Å². The van der Waals surface area contributed by atoms with E-state index in [0.717, 1.165) is 6.04 Å². The first-order valence-corrected chi connectivity index (χ1v) is 4.75. The van der Waals surface area contributed by atoms with Crippen molar-refractivity contribution in [1.29, 1.82) is 0 Å². The zero-order valence-corrected chi connectivity index (χ0v) is 7.77. The van der Waals surface area contributed by atoms with Gasteiger partial charge in [-0.15, -0.1) is 0 Å². The Morgan fingerprint density at radius 2 is 2.36 bits per heavy atom. The van der Waals surface area contributed by atoms with Crippen LogP contribution in [0.3, 0.4) is 0 Å². The molecule has 1 fully saturated rings. The molecule has 0 aromatic rings. The van der Waals surface area contributed by atoms with E-state index in [2.05, 4.69) is 24.2 Å². The SMILES string of the molecule is CCCNCC1CCCN1C. The average molecular weight is 156 g/mol. The molecule has 2 nitrogen and oxygen atoms in total. The van der Waals surface area contributed by atoms with Crippen molar-refractivity contribution in [3.63, 3.8) is 0 Å². The number of nitrogens with zero attached hydrogens (tertiary/aromatic N) is 1. The van der Waals surface area contributed by atoms with Gasteiger partial charge in [-0.25, -0.2) is 0 Å². The zero-order chi connectivity index (χ0) is 8.10. The fourth-order valence-electron chi connectivity index (χ4n) is 1.68. The Bertz CT molecular complexity index is 104. The molecular weight excluding hydrogens is 136 g/mol. The van der Waals surface area contributed by atoms with Gasteiger partial charge >= 0.3 is 0 Å². The number of nitrogens with one attached hydrogen (secondary N) is 1. The van der Waals surface area contributed by atoms with Crippen molar-refractivity contribution < 1.29 is 0 Å². The highest BCUT2D eigenvalue weighted by Crippen LogP contribution is 2.13. The summed E-state index contributed by atoms with van der Waals surface area (Å²) in [5.41, 5.74) is 0. The standard InChI is InChI=1S/C9H20N2/c1-3-6-10-8-9-5-4-7-11(9)2/h9-10H,3-8H2,1-2H3. The highest BCUT2D eigenvalue weighted by atomic mass is 15.2. The Hall–Kier alpha value is -0.0800. The summed E-state index contributed by atoms with van der Waals surface area (Å²) in [4.78, 5) is 2.46. The number of hydrogen-bond donors (Lipinski definition) is 1. The van der Waals surface area contributed by atoms with Crippen molar-refractivity contribution in [1.82, 2.24) is 10.2 Å². The Kier molecular flexibility index (Phi) is 3.87. The molecule has 66 valence electrons. The van der Waals surface area contributed by atoms with E-state index in [1.165, 1.54) is 38.9 Å². The van der Waals surface area contributed by atoms with Crippen molar-refractivity contribution in [2.45, 2.75) is 32.2 Å². The molecule has 1 unspecified atom stereocenters. The van der Waals surface area contributed by atoms with Gasteiger partial charge in [0.2, 0.25) is 0 Å². The van der Waals surface area contributed by atoms with E-state index < -0.39 is 0 Å². The molecule has 1 N–H and O–H groups in total. The van der Waals surface area contributed by atoms with Gasteiger partial charge in [0.1, 0.15) is 0 Å². The quantitative estimate of drug-likeness (QED) is 0.613. The normalized spacial score (nSPS) is 26.2. The molecule has 0 aromatic heterocycles. The van der Waals surface area contributed by atoms with Crippen LogP contribution in [-0.2, 0) is 0 Å². The van der Waals surface area contributed by atoms with E-state index in [-0.39, 0.29) is 0 Å². The molecule has 0 spiro atoms. The lowest BCUT2D eigenvalue weighted by atomic mass is 10.2. The third-order valence-corrected chi connectivity index (χ3v) is 2.48. The molecule has 0 saturated carbocycles. The predicted molar refractivity (Wildman–Crippen MR) is 48.8 cm³/mol. The molecule has 0 radical (unpaired) electrons. The summed E-state index contributed by atoms with van der Waals surface area (Å²) in [6.07, 6.45) is 4.01. The molecule has 0 bridgehead atoms. The molecule has 0 aromatic carbocycles. The summed E-state index contributed by atoms with van der Waals surface area (Å²) in [6.45, 7) is 5.86. The van der Waals surface area contributed by atoms with E-state index in [4.69, 9.17) is 0 Å². The summed E-state index contributed by atoms with van der Waals surface area (Å²) in [6, 6.07) is 0.807. The molecule has 0 amide bonds. The molecule has 1 aliphatic rings.